The molecule has 0 heterocycles. The monoisotopic (exact) mass is 211 g/mol. The molecule has 0 spiro atoms. The van der Waals surface area contributed by atoms with E-state index in [2.05, 4.69) is 5.32 Å². The van der Waals surface area contributed by atoms with Crippen molar-refractivity contribution in [1.82, 2.24) is 5.32 Å². The standard InChI is InChI=1S/C11H18FN3/c12-10-3-1-9(2-4-10)5-6-15-8-11(14)7-13/h1-4,11,15H,5-8,13-14H2. The first-order valence-corrected chi connectivity index (χ1v) is 5.13. The maximum Gasteiger partial charge on any atom is 0.123 e. The van der Waals surface area contributed by atoms with Crippen LogP contribution in [0.3, 0.4) is 0 Å². The van der Waals surface area contributed by atoms with Crippen molar-refractivity contribution in [3.05, 3.63) is 35.6 Å². The Labute approximate surface area is 89.7 Å². The third-order valence-electron chi connectivity index (χ3n) is 2.21. The van der Waals surface area contributed by atoms with Gasteiger partial charge in [-0.1, -0.05) is 12.1 Å². The average Bonchev–Trinajstić information content (AvgIpc) is 2.26. The summed E-state index contributed by atoms with van der Waals surface area (Å²) in [7, 11) is 0. The molecule has 1 unspecified atom stereocenters. The summed E-state index contributed by atoms with van der Waals surface area (Å²) in [5.41, 5.74) is 12.1. The van der Waals surface area contributed by atoms with Crippen LogP contribution in [0.15, 0.2) is 24.3 Å². The van der Waals surface area contributed by atoms with Gasteiger partial charge in [-0.15, -0.1) is 0 Å². The maximum absolute atomic E-state index is 12.6. The molecule has 0 aliphatic carbocycles. The number of nitrogens with two attached hydrogens (primary N) is 2. The lowest BCUT2D eigenvalue weighted by molar-refractivity contribution is 0.582. The van der Waals surface area contributed by atoms with Gasteiger partial charge in [-0.2, -0.15) is 0 Å². The molecule has 4 heteroatoms. The Balaban J connectivity index is 2.17. The highest BCUT2D eigenvalue weighted by Gasteiger charge is 1.98. The molecule has 1 aromatic rings. The SMILES string of the molecule is NCC(N)CNCCc1ccc(F)cc1. The fourth-order valence-corrected chi connectivity index (χ4v) is 1.25. The van der Waals surface area contributed by atoms with Gasteiger partial charge in [0.2, 0.25) is 0 Å². The Kier molecular flexibility index (Phi) is 5.25. The summed E-state index contributed by atoms with van der Waals surface area (Å²) in [6.07, 6.45) is 0.873. The van der Waals surface area contributed by atoms with Crippen LogP contribution in [0.5, 0.6) is 0 Å². The Morgan fingerprint density at radius 3 is 2.53 bits per heavy atom. The van der Waals surface area contributed by atoms with Crippen molar-refractivity contribution in [1.29, 1.82) is 0 Å². The first-order chi connectivity index (χ1) is 7.22. The smallest absolute Gasteiger partial charge is 0.123 e. The summed E-state index contributed by atoms with van der Waals surface area (Å²) in [5, 5.41) is 3.20. The van der Waals surface area contributed by atoms with E-state index >= 15 is 0 Å². The highest BCUT2D eigenvalue weighted by Crippen LogP contribution is 2.02. The Morgan fingerprint density at radius 1 is 1.27 bits per heavy atom. The largest absolute Gasteiger partial charge is 0.329 e. The molecule has 1 rings (SSSR count). The zero-order chi connectivity index (χ0) is 11.1. The third-order valence-corrected chi connectivity index (χ3v) is 2.21. The molecule has 0 bridgehead atoms. The predicted octanol–water partition coefficient (Wildman–Crippen LogP) is 0.244. The van der Waals surface area contributed by atoms with E-state index in [1.54, 1.807) is 12.1 Å². The molecule has 84 valence electrons. The van der Waals surface area contributed by atoms with E-state index in [0.717, 1.165) is 25.1 Å². The van der Waals surface area contributed by atoms with Crippen molar-refractivity contribution in [3.8, 4) is 0 Å². The van der Waals surface area contributed by atoms with E-state index in [1.165, 1.54) is 12.1 Å². The van der Waals surface area contributed by atoms with Gasteiger partial charge in [0.25, 0.3) is 0 Å². The highest BCUT2D eigenvalue weighted by molar-refractivity contribution is 5.16. The van der Waals surface area contributed by atoms with Gasteiger partial charge in [-0.05, 0) is 30.7 Å². The molecule has 1 atom stereocenters. The third kappa shape index (κ3) is 4.88. The van der Waals surface area contributed by atoms with Crippen LogP contribution in [0.25, 0.3) is 0 Å². The minimum atomic E-state index is -0.197. The van der Waals surface area contributed by atoms with Gasteiger partial charge in [-0.25, -0.2) is 4.39 Å². The van der Waals surface area contributed by atoms with Crippen LogP contribution in [-0.4, -0.2) is 25.7 Å². The Bertz CT molecular complexity index is 274. The molecule has 0 fully saturated rings. The first kappa shape index (κ1) is 12.1. The summed E-state index contributed by atoms with van der Waals surface area (Å²) in [5.74, 6) is -0.197. The molecular formula is C11H18FN3. The van der Waals surface area contributed by atoms with Crippen LogP contribution < -0.4 is 16.8 Å². The zero-order valence-corrected chi connectivity index (χ0v) is 8.75. The van der Waals surface area contributed by atoms with Gasteiger partial charge in [-0.3, -0.25) is 0 Å². The summed E-state index contributed by atoms with van der Waals surface area (Å²) < 4.78 is 12.6. The number of nitrogens with one attached hydrogen (secondary N) is 1. The summed E-state index contributed by atoms with van der Waals surface area (Å²) in [6, 6.07) is 6.54. The van der Waals surface area contributed by atoms with E-state index in [9.17, 15) is 4.39 Å². The van der Waals surface area contributed by atoms with Crippen LogP contribution in [0.1, 0.15) is 5.56 Å². The molecule has 15 heavy (non-hydrogen) atoms. The molecule has 0 aromatic heterocycles. The lowest BCUT2D eigenvalue weighted by atomic mass is 10.1. The molecule has 5 N–H and O–H groups in total. The van der Waals surface area contributed by atoms with Crippen LogP contribution in [0.4, 0.5) is 4.39 Å². The number of hydrogen-bond donors (Lipinski definition) is 3. The van der Waals surface area contributed by atoms with Crippen LogP contribution in [0, 0.1) is 5.82 Å². The summed E-state index contributed by atoms with van der Waals surface area (Å²) in [6.45, 7) is 2.04. The van der Waals surface area contributed by atoms with E-state index in [1.807, 2.05) is 0 Å². The van der Waals surface area contributed by atoms with E-state index in [0.29, 0.717) is 6.54 Å². The molecule has 0 radical (unpaired) electrons. The van der Waals surface area contributed by atoms with Gasteiger partial charge in [0.15, 0.2) is 0 Å². The number of hydrogen-bond acceptors (Lipinski definition) is 3. The van der Waals surface area contributed by atoms with Crippen LogP contribution in [0.2, 0.25) is 0 Å². The van der Waals surface area contributed by atoms with Gasteiger partial charge >= 0.3 is 0 Å². The second-order valence-electron chi connectivity index (χ2n) is 3.58. The molecule has 0 aliphatic rings. The van der Waals surface area contributed by atoms with Gasteiger partial charge in [0.1, 0.15) is 5.82 Å². The first-order valence-electron chi connectivity index (χ1n) is 5.13. The number of benzene rings is 1. The molecule has 0 saturated heterocycles. The fourth-order valence-electron chi connectivity index (χ4n) is 1.25. The van der Waals surface area contributed by atoms with Crippen molar-refractivity contribution < 1.29 is 4.39 Å². The lowest BCUT2D eigenvalue weighted by Crippen LogP contribution is -2.40. The minimum absolute atomic E-state index is 0.0122. The molecule has 1 aromatic carbocycles. The maximum atomic E-state index is 12.6. The summed E-state index contributed by atoms with van der Waals surface area (Å²) in [4.78, 5) is 0. The average molecular weight is 211 g/mol. The molecule has 0 amide bonds. The Morgan fingerprint density at radius 2 is 1.93 bits per heavy atom. The topological polar surface area (TPSA) is 64.1 Å². The normalized spacial score (nSPS) is 12.7. The zero-order valence-electron chi connectivity index (χ0n) is 8.75. The van der Waals surface area contributed by atoms with Gasteiger partial charge in [0, 0.05) is 19.1 Å². The van der Waals surface area contributed by atoms with Crippen molar-refractivity contribution in [2.45, 2.75) is 12.5 Å². The Hall–Kier alpha value is -0.970. The lowest BCUT2D eigenvalue weighted by Gasteiger charge is -2.09. The predicted molar refractivity (Wildman–Crippen MR) is 60.0 cm³/mol. The van der Waals surface area contributed by atoms with Crippen molar-refractivity contribution >= 4 is 0 Å². The van der Waals surface area contributed by atoms with Gasteiger partial charge < -0.3 is 16.8 Å². The van der Waals surface area contributed by atoms with Crippen LogP contribution in [-0.2, 0) is 6.42 Å². The van der Waals surface area contributed by atoms with E-state index in [4.69, 9.17) is 11.5 Å². The second kappa shape index (κ2) is 6.50. The second-order valence-corrected chi connectivity index (χ2v) is 3.58. The molecular weight excluding hydrogens is 193 g/mol. The minimum Gasteiger partial charge on any atom is -0.329 e. The molecule has 0 saturated carbocycles. The quantitative estimate of drug-likeness (QED) is 0.591. The highest BCUT2D eigenvalue weighted by atomic mass is 19.1. The number of rotatable bonds is 6. The van der Waals surface area contributed by atoms with E-state index < -0.39 is 0 Å². The number of halogens is 1. The van der Waals surface area contributed by atoms with Gasteiger partial charge in [0.05, 0.1) is 0 Å². The van der Waals surface area contributed by atoms with Crippen LogP contribution >= 0.6 is 0 Å². The summed E-state index contributed by atoms with van der Waals surface area (Å²) >= 11 is 0. The molecule has 3 nitrogen and oxygen atoms in total. The van der Waals surface area contributed by atoms with Crippen molar-refractivity contribution in [3.63, 3.8) is 0 Å². The van der Waals surface area contributed by atoms with E-state index in [-0.39, 0.29) is 11.9 Å². The molecule has 0 aliphatic heterocycles. The van der Waals surface area contributed by atoms with Crippen molar-refractivity contribution in [2.24, 2.45) is 11.5 Å². The fraction of sp³-hybridized carbons (Fsp3) is 0.455. The van der Waals surface area contributed by atoms with Crippen molar-refractivity contribution in [2.75, 3.05) is 19.6 Å².